The number of hydrogen-bond donors (Lipinski definition) is 1. The SMILES string of the molecule is C=CC1CCC(=S)N1. The van der Waals surface area contributed by atoms with Gasteiger partial charge in [-0.15, -0.1) is 6.58 Å². The van der Waals surface area contributed by atoms with Crippen LogP contribution in [-0.4, -0.2) is 11.0 Å². The van der Waals surface area contributed by atoms with E-state index in [0.29, 0.717) is 6.04 Å². The highest BCUT2D eigenvalue weighted by molar-refractivity contribution is 7.80. The highest BCUT2D eigenvalue weighted by atomic mass is 32.1. The Labute approximate surface area is 54.8 Å². The minimum atomic E-state index is 0.447. The van der Waals surface area contributed by atoms with Crippen molar-refractivity contribution in [1.82, 2.24) is 5.32 Å². The molecule has 0 saturated carbocycles. The molecule has 1 saturated heterocycles. The Balaban J connectivity index is 2.43. The smallest absolute Gasteiger partial charge is 0.0758 e. The van der Waals surface area contributed by atoms with Crippen molar-refractivity contribution >= 4 is 17.2 Å². The van der Waals surface area contributed by atoms with Gasteiger partial charge in [0.05, 0.1) is 4.99 Å². The molecule has 0 bridgehead atoms. The first-order valence-electron chi connectivity index (χ1n) is 2.75. The first-order chi connectivity index (χ1) is 3.83. The molecule has 1 heterocycles. The molecule has 8 heavy (non-hydrogen) atoms. The van der Waals surface area contributed by atoms with E-state index in [0.717, 1.165) is 17.8 Å². The van der Waals surface area contributed by atoms with E-state index in [9.17, 15) is 0 Å². The van der Waals surface area contributed by atoms with Gasteiger partial charge in [-0.05, 0) is 12.8 Å². The van der Waals surface area contributed by atoms with E-state index in [4.69, 9.17) is 12.2 Å². The third kappa shape index (κ3) is 1.07. The molecule has 0 amide bonds. The lowest BCUT2D eigenvalue weighted by molar-refractivity contribution is 0.761. The summed E-state index contributed by atoms with van der Waals surface area (Å²) in [4.78, 5) is 0.981. The summed E-state index contributed by atoms with van der Waals surface area (Å²) in [5, 5.41) is 3.12. The summed E-state index contributed by atoms with van der Waals surface area (Å²) in [5.74, 6) is 0. The topological polar surface area (TPSA) is 12.0 Å². The lowest BCUT2D eigenvalue weighted by Gasteiger charge is -2.00. The standard InChI is InChI=1S/C6H9NS/c1-2-5-3-4-6(8)7-5/h2,5H,1,3-4H2,(H,7,8). The molecule has 1 N–H and O–H groups in total. The normalized spacial score (nSPS) is 27.5. The fourth-order valence-electron chi connectivity index (χ4n) is 0.814. The molecule has 1 aliphatic heterocycles. The minimum absolute atomic E-state index is 0.447. The molecule has 0 aliphatic carbocycles. The van der Waals surface area contributed by atoms with Crippen molar-refractivity contribution in [1.29, 1.82) is 0 Å². The van der Waals surface area contributed by atoms with Gasteiger partial charge in [0.15, 0.2) is 0 Å². The van der Waals surface area contributed by atoms with Crippen molar-refractivity contribution in [3.8, 4) is 0 Å². The van der Waals surface area contributed by atoms with E-state index >= 15 is 0 Å². The van der Waals surface area contributed by atoms with Gasteiger partial charge >= 0.3 is 0 Å². The lowest BCUT2D eigenvalue weighted by atomic mass is 10.2. The second-order valence-electron chi connectivity index (χ2n) is 1.95. The van der Waals surface area contributed by atoms with Crippen LogP contribution in [0, 0.1) is 0 Å². The maximum absolute atomic E-state index is 4.90. The quantitative estimate of drug-likeness (QED) is 0.420. The van der Waals surface area contributed by atoms with Gasteiger partial charge in [-0.1, -0.05) is 18.3 Å². The van der Waals surface area contributed by atoms with Gasteiger partial charge in [0.1, 0.15) is 0 Å². The Morgan fingerprint density at radius 2 is 2.62 bits per heavy atom. The fourth-order valence-corrected chi connectivity index (χ4v) is 1.08. The Morgan fingerprint density at radius 3 is 2.88 bits per heavy atom. The monoisotopic (exact) mass is 127 g/mol. The predicted octanol–water partition coefficient (Wildman–Crippen LogP) is 1.25. The molecule has 2 heteroatoms. The molecule has 0 aromatic rings. The van der Waals surface area contributed by atoms with Crippen LogP contribution in [0.5, 0.6) is 0 Å². The molecule has 1 fully saturated rings. The van der Waals surface area contributed by atoms with Crippen LogP contribution < -0.4 is 5.32 Å². The minimum Gasteiger partial charge on any atom is -0.373 e. The van der Waals surface area contributed by atoms with E-state index < -0.39 is 0 Å². The van der Waals surface area contributed by atoms with Crippen molar-refractivity contribution in [2.75, 3.05) is 0 Å². The van der Waals surface area contributed by atoms with Gasteiger partial charge in [-0.2, -0.15) is 0 Å². The van der Waals surface area contributed by atoms with Gasteiger partial charge in [0.25, 0.3) is 0 Å². The maximum atomic E-state index is 4.90. The molecule has 0 spiro atoms. The summed E-state index contributed by atoms with van der Waals surface area (Å²) >= 11 is 4.90. The van der Waals surface area contributed by atoms with Crippen LogP contribution in [0.2, 0.25) is 0 Å². The van der Waals surface area contributed by atoms with Crippen molar-refractivity contribution in [2.45, 2.75) is 18.9 Å². The number of thiocarbonyl (C=S) groups is 1. The van der Waals surface area contributed by atoms with Gasteiger partial charge in [0, 0.05) is 6.04 Å². The summed E-state index contributed by atoms with van der Waals surface area (Å²) in [6, 6.07) is 0.447. The third-order valence-electron chi connectivity index (χ3n) is 1.31. The van der Waals surface area contributed by atoms with Gasteiger partial charge < -0.3 is 5.32 Å². The summed E-state index contributed by atoms with van der Waals surface area (Å²) in [7, 11) is 0. The maximum Gasteiger partial charge on any atom is 0.0758 e. The predicted molar refractivity (Wildman–Crippen MR) is 39.0 cm³/mol. The average molecular weight is 127 g/mol. The molecule has 1 unspecified atom stereocenters. The molecule has 1 rings (SSSR count). The summed E-state index contributed by atoms with van der Waals surface area (Å²) in [5.41, 5.74) is 0. The van der Waals surface area contributed by atoms with Crippen LogP contribution in [0.1, 0.15) is 12.8 Å². The second-order valence-corrected chi connectivity index (χ2v) is 2.44. The lowest BCUT2D eigenvalue weighted by Crippen LogP contribution is -2.21. The van der Waals surface area contributed by atoms with E-state index in [1.54, 1.807) is 0 Å². The molecular weight excluding hydrogens is 118 g/mol. The Bertz CT molecular complexity index is 120. The fraction of sp³-hybridized carbons (Fsp3) is 0.500. The highest BCUT2D eigenvalue weighted by Gasteiger charge is 2.13. The molecule has 0 radical (unpaired) electrons. The number of hydrogen-bond acceptors (Lipinski definition) is 1. The summed E-state index contributed by atoms with van der Waals surface area (Å²) in [6.45, 7) is 3.66. The second kappa shape index (κ2) is 2.27. The van der Waals surface area contributed by atoms with E-state index in [2.05, 4.69) is 11.9 Å². The molecule has 1 nitrogen and oxygen atoms in total. The summed E-state index contributed by atoms with van der Waals surface area (Å²) < 4.78 is 0. The van der Waals surface area contributed by atoms with Crippen LogP contribution in [0.25, 0.3) is 0 Å². The van der Waals surface area contributed by atoms with Crippen molar-refractivity contribution in [3.63, 3.8) is 0 Å². The number of rotatable bonds is 1. The highest BCUT2D eigenvalue weighted by Crippen LogP contribution is 2.07. The van der Waals surface area contributed by atoms with Crippen LogP contribution in [0.3, 0.4) is 0 Å². The molecule has 44 valence electrons. The largest absolute Gasteiger partial charge is 0.373 e. The van der Waals surface area contributed by atoms with Crippen molar-refractivity contribution in [2.24, 2.45) is 0 Å². The first kappa shape index (κ1) is 5.76. The van der Waals surface area contributed by atoms with Crippen LogP contribution >= 0.6 is 12.2 Å². The third-order valence-corrected chi connectivity index (χ3v) is 1.64. The van der Waals surface area contributed by atoms with Gasteiger partial charge in [-0.3, -0.25) is 0 Å². The molecule has 0 aromatic heterocycles. The molecule has 0 aromatic carbocycles. The van der Waals surface area contributed by atoms with E-state index in [-0.39, 0.29) is 0 Å². The first-order valence-corrected chi connectivity index (χ1v) is 3.15. The van der Waals surface area contributed by atoms with Gasteiger partial charge in [-0.25, -0.2) is 0 Å². The number of nitrogens with one attached hydrogen (secondary N) is 1. The zero-order valence-electron chi connectivity index (χ0n) is 4.68. The van der Waals surface area contributed by atoms with E-state index in [1.165, 1.54) is 0 Å². The summed E-state index contributed by atoms with van der Waals surface area (Å²) in [6.07, 6.45) is 4.06. The molecule has 1 atom stereocenters. The Hall–Kier alpha value is -0.370. The molecule has 1 aliphatic rings. The van der Waals surface area contributed by atoms with Gasteiger partial charge in [0.2, 0.25) is 0 Å². The average Bonchev–Trinajstić information content (AvgIpc) is 2.14. The Kier molecular flexibility index (Phi) is 1.63. The van der Waals surface area contributed by atoms with Crippen LogP contribution in [0.4, 0.5) is 0 Å². The van der Waals surface area contributed by atoms with E-state index in [1.807, 2.05) is 6.08 Å². The van der Waals surface area contributed by atoms with Crippen molar-refractivity contribution < 1.29 is 0 Å². The zero-order valence-corrected chi connectivity index (χ0v) is 5.50. The van der Waals surface area contributed by atoms with Crippen LogP contribution in [-0.2, 0) is 0 Å². The van der Waals surface area contributed by atoms with Crippen LogP contribution in [0.15, 0.2) is 12.7 Å². The zero-order chi connectivity index (χ0) is 5.98. The Morgan fingerprint density at radius 1 is 1.88 bits per heavy atom. The van der Waals surface area contributed by atoms with Crippen molar-refractivity contribution in [3.05, 3.63) is 12.7 Å². The molecular formula is C6H9NS.